The summed E-state index contributed by atoms with van der Waals surface area (Å²) >= 11 is 0. The van der Waals surface area contributed by atoms with Crippen molar-refractivity contribution >= 4 is 12.1 Å². The first-order valence-electron chi connectivity index (χ1n) is 7.35. The Balaban J connectivity index is 3.26. The Hall–Kier alpha value is -2.56. The van der Waals surface area contributed by atoms with Gasteiger partial charge in [-0.2, -0.15) is 67.3 Å². The van der Waals surface area contributed by atoms with Gasteiger partial charge in [0.25, 0.3) is 0 Å². The number of halogens is 13. The number of hydrazone groups is 1. The smallest absolute Gasteiger partial charge is 0.272 e. The molecule has 0 bridgehead atoms. The lowest BCUT2D eigenvalue weighted by Crippen LogP contribution is -2.71. The molecule has 1 N–H and O–H groups in total. The quantitative estimate of drug-likeness (QED) is 0.363. The number of carbonyl (C=O) groups excluding carboxylic acids is 1. The Bertz CT molecular complexity index is 856. The van der Waals surface area contributed by atoms with Gasteiger partial charge in [-0.25, -0.2) is 5.43 Å². The van der Waals surface area contributed by atoms with Gasteiger partial charge in [0.2, 0.25) is 0 Å². The highest BCUT2D eigenvalue weighted by Crippen LogP contribution is 2.60. The molecule has 1 heterocycles. The molecule has 0 fully saturated rings. The maximum absolute atomic E-state index is 13.5. The number of nitrogens with one attached hydrogen (secondary N) is 1. The molecule has 1 rings (SSSR count). The average molecular weight is 484 g/mol. The van der Waals surface area contributed by atoms with Crippen molar-refractivity contribution in [1.82, 2.24) is 15.2 Å². The number of hydrogen-bond acceptors (Lipinski definition) is 3. The van der Waals surface area contributed by atoms with Crippen LogP contribution < -0.4 is 5.43 Å². The third-order valence-electron chi connectivity index (χ3n) is 3.86. The Labute approximate surface area is 162 Å². The average Bonchev–Trinajstić information content (AvgIpc) is 2.92. The van der Waals surface area contributed by atoms with Gasteiger partial charge in [-0.15, -0.1) is 0 Å². The highest BCUT2D eigenvalue weighted by atomic mass is 19.4. The summed E-state index contributed by atoms with van der Waals surface area (Å²) in [6.07, 6.45) is -6.04. The van der Waals surface area contributed by atoms with Crippen LogP contribution in [0, 0.1) is 6.92 Å². The van der Waals surface area contributed by atoms with E-state index in [0.717, 1.165) is 6.20 Å². The van der Waals surface area contributed by atoms with E-state index in [1.807, 2.05) is 0 Å². The van der Waals surface area contributed by atoms with Crippen molar-refractivity contribution in [3.05, 3.63) is 17.5 Å². The van der Waals surface area contributed by atoms with Gasteiger partial charge in [-0.05, 0) is 6.92 Å². The number of carbonyl (C=O) groups is 1. The number of aromatic nitrogens is 2. The number of rotatable bonds is 7. The van der Waals surface area contributed by atoms with Crippen LogP contribution in [0.2, 0.25) is 0 Å². The monoisotopic (exact) mass is 484 g/mol. The van der Waals surface area contributed by atoms with E-state index < -0.39 is 41.7 Å². The summed E-state index contributed by atoms with van der Waals surface area (Å²) in [6, 6.07) is 0. The Morgan fingerprint density at radius 1 is 0.903 bits per heavy atom. The van der Waals surface area contributed by atoms with Crippen molar-refractivity contribution in [2.24, 2.45) is 12.1 Å². The number of hydrogen-bond donors (Lipinski definition) is 1. The number of amides is 1. The summed E-state index contributed by atoms with van der Waals surface area (Å²) < 4.78 is 169. The molecule has 0 saturated carbocycles. The van der Waals surface area contributed by atoms with Crippen LogP contribution in [0.25, 0.3) is 0 Å². The van der Waals surface area contributed by atoms with E-state index in [4.69, 9.17) is 0 Å². The molecule has 0 aliphatic rings. The van der Waals surface area contributed by atoms with Gasteiger partial charge in [-0.1, -0.05) is 0 Å². The predicted octanol–water partition coefficient (Wildman–Crippen LogP) is 3.92. The summed E-state index contributed by atoms with van der Waals surface area (Å²) in [5.41, 5.74) is 0.814. The molecule has 31 heavy (non-hydrogen) atoms. The molecule has 0 spiro atoms. The van der Waals surface area contributed by atoms with Crippen molar-refractivity contribution < 1.29 is 61.9 Å². The first kappa shape index (κ1) is 26.5. The van der Waals surface area contributed by atoms with Crippen LogP contribution in [-0.4, -0.2) is 57.7 Å². The van der Waals surface area contributed by atoms with Crippen LogP contribution in [0.1, 0.15) is 11.3 Å². The molecular weight excluding hydrogens is 475 g/mol. The van der Waals surface area contributed by atoms with E-state index in [2.05, 4.69) is 10.2 Å². The lowest BCUT2D eigenvalue weighted by molar-refractivity contribution is -0.436. The molecular formula is C13H9F13N4O. The maximum atomic E-state index is 13.5. The second-order valence-corrected chi connectivity index (χ2v) is 5.88. The summed E-state index contributed by atoms with van der Waals surface area (Å²) in [6.45, 7) is 1.36. The number of nitrogens with zero attached hydrogens (tertiary/aromatic N) is 3. The predicted molar refractivity (Wildman–Crippen MR) is 74.5 cm³/mol. The molecule has 18 heteroatoms. The molecule has 0 unspecified atom stereocenters. The number of aryl methyl sites for hydroxylation is 1. The first-order chi connectivity index (χ1) is 13.6. The summed E-state index contributed by atoms with van der Waals surface area (Å²) in [5.74, 6) is -42.1. The molecule has 178 valence electrons. The van der Waals surface area contributed by atoms with Gasteiger partial charge < -0.3 is 0 Å². The molecule has 0 atom stereocenters. The third-order valence-corrected chi connectivity index (χ3v) is 3.86. The Morgan fingerprint density at radius 2 is 1.35 bits per heavy atom. The van der Waals surface area contributed by atoms with Crippen LogP contribution in [0.4, 0.5) is 57.1 Å². The van der Waals surface area contributed by atoms with Crippen molar-refractivity contribution in [3.63, 3.8) is 0 Å². The highest BCUT2D eigenvalue weighted by Gasteiger charge is 2.91. The van der Waals surface area contributed by atoms with Gasteiger partial charge in [0.15, 0.2) is 0 Å². The van der Waals surface area contributed by atoms with E-state index in [1.165, 1.54) is 18.7 Å². The first-order valence-corrected chi connectivity index (χ1v) is 7.35. The minimum Gasteiger partial charge on any atom is -0.272 e. The van der Waals surface area contributed by atoms with Crippen LogP contribution >= 0.6 is 0 Å². The van der Waals surface area contributed by atoms with E-state index in [1.54, 1.807) is 0 Å². The Morgan fingerprint density at radius 3 is 1.74 bits per heavy atom. The highest BCUT2D eigenvalue weighted by molar-refractivity contribution is 5.87. The molecule has 1 aromatic heterocycles. The lowest BCUT2D eigenvalue weighted by Gasteiger charge is -2.38. The summed E-state index contributed by atoms with van der Waals surface area (Å²) in [5, 5.41) is 6.28. The second kappa shape index (κ2) is 7.54. The zero-order valence-corrected chi connectivity index (χ0v) is 14.8. The molecule has 0 radical (unpaired) electrons. The number of alkyl halides is 13. The normalized spacial score (nSPS) is 14.9. The van der Waals surface area contributed by atoms with E-state index >= 15 is 0 Å². The Kier molecular flexibility index (Phi) is 6.44. The molecule has 0 saturated heterocycles. The zero-order valence-electron chi connectivity index (χ0n) is 14.8. The van der Waals surface area contributed by atoms with Gasteiger partial charge in [-0.3, -0.25) is 9.48 Å². The third kappa shape index (κ3) is 3.90. The van der Waals surface area contributed by atoms with Gasteiger partial charge in [0, 0.05) is 18.3 Å². The van der Waals surface area contributed by atoms with E-state index in [-0.39, 0.29) is 11.3 Å². The van der Waals surface area contributed by atoms with Crippen LogP contribution in [0.3, 0.4) is 0 Å². The van der Waals surface area contributed by atoms with Gasteiger partial charge in [0.1, 0.15) is 0 Å². The van der Waals surface area contributed by atoms with Crippen molar-refractivity contribution in [2.45, 2.75) is 42.7 Å². The second-order valence-electron chi connectivity index (χ2n) is 5.88. The summed E-state index contributed by atoms with van der Waals surface area (Å²) in [7, 11) is 1.37. The van der Waals surface area contributed by atoms with E-state index in [9.17, 15) is 61.9 Å². The molecule has 0 aliphatic heterocycles. The standard InChI is InChI=1S/C13H9F13N4O/c1-5-6(4-28-30(5)2)3-27-29-7(31)8(14,15)9(16,17)10(18,19)11(20,21)12(22,23)13(24,25)26/h3-4H,1-2H3,(H,29,31)/b27-3+. The molecule has 1 aromatic rings. The fourth-order valence-electron chi connectivity index (χ4n) is 1.79. The lowest BCUT2D eigenvalue weighted by atomic mass is 9.93. The molecule has 1 amide bonds. The topological polar surface area (TPSA) is 59.3 Å². The SMILES string of the molecule is Cc1c(/C=N/NC(=O)C(F)(F)C(F)(F)C(F)(F)C(F)(F)C(F)(F)C(F)(F)F)cnn1C. The largest absolute Gasteiger partial charge is 0.460 e. The van der Waals surface area contributed by atoms with Crippen molar-refractivity contribution in [3.8, 4) is 0 Å². The van der Waals surface area contributed by atoms with E-state index in [0.29, 0.717) is 11.6 Å². The van der Waals surface area contributed by atoms with Crippen LogP contribution in [0.15, 0.2) is 11.3 Å². The maximum Gasteiger partial charge on any atom is 0.460 e. The molecule has 0 aromatic carbocycles. The fourth-order valence-corrected chi connectivity index (χ4v) is 1.79. The summed E-state index contributed by atoms with van der Waals surface area (Å²) in [4.78, 5) is 11.1. The van der Waals surface area contributed by atoms with Gasteiger partial charge >= 0.3 is 41.7 Å². The molecule has 5 nitrogen and oxygen atoms in total. The minimum atomic E-state index is -8.08. The fraction of sp³-hybridized carbons (Fsp3) is 0.615. The molecule has 0 aliphatic carbocycles. The van der Waals surface area contributed by atoms with Crippen LogP contribution in [-0.2, 0) is 11.8 Å². The van der Waals surface area contributed by atoms with Crippen molar-refractivity contribution in [1.29, 1.82) is 0 Å². The van der Waals surface area contributed by atoms with Crippen LogP contribution in [0.5, 0.6) is 0 Å². The van der Waals surface area contributed by atoms with Gasteiger partial charge in [0.05, 0.1) is 12.4 Å². The minimum absolute atomic E-state index is 0.0282. The van der Waals surface area contributed by atoms with Crippen molar-refractivity contribution in [2.75, 3.05) is 0 Å². The zero-order chi connectivity index (χ0) is 24.8.